The molecule has 1 saturated heterocycles. The predicted molar refractivity (Wildman–Crippen MR) is 74.7 cm³/mol. The lowest BCUT2D eigenvalue weighted by Gasteiger charge is -2.35. The van der Waals surface area contributed by atoms with Gasteiger partial charge in [-0.2, -0.15) is 0 Å². The molecule has 94 valence electrons. The first-order valence-electron chi connectivity index (χ1n) is 6.56. The summed E-state index contributed by atoms with van der Waals surface area (Å²) in [6.07, 6.45) is 4.07. The minimum absolute atomic E-state index is 1.07. The molecule has 3 nitrogen and oxygen atoms in total. The highest BCUT2D eigenvalue weighted by Gasteiger charge is 2.17. The monoisotopic (exact) mass is 241 g/mol. The fraction of sp³-hybridized carbons (Fsp3) is 0.333. The molecule has 2 aromatic rings. The summed E-state index contributed by atoms with van der Waals surface area (Å²) in [5, 5.41) is 0. The van der Waals surface area contributed by atoms with E-state index in [4.69, 9.17) is 0 Å². The van der Waals surface area contributed by atoms with Crippen LogP contribution in [0.3, 0.4) is 0 Å². The summed E-state index contributed by atoms with van der Waals surface area (Å²) in [6, 6.07) is 12.9. The number of nitrogens with one attached hydrogen (secondary N) is 1. The number of aromatic nitrogens is 1. The molecule has 0 amide bonds. The molecule has 0 spiro atoms. The zero-order valence-corrected chi connectivity index (χ0v) is 10.5. The molecule has 0 unspecified atom stereocenters. The van der Waals surface area contributed by atoms with Gasteiger partial charge in [-0.25, -0.2) is 0 Å². The lowest BCUT2D eigenvalue weighted by molar-refractivity contribution is 0.250. The largest absolute Gasteiger partial charge is 0.368 e. The van der Waals surface area contributed by atoms with Gasteiger partial charge in [-0.05, 0) is 11.6 Å². The highest BCUT2D eigenvalue weighted by molar-refractivity contribution is 5.44. The van der Waals surface area contributed by atoms with Crippen LogP contribution in [0.25, 0.3) is 0 Å². The lowest BCUT2D eigenvalue weighted by Crippen LogP contribution is -2.45. The molecule has 1 fully saturated rings. The van der Waals surface area contributed by atoms with Gasteiger partial charge in [0.2, 0.25) is 0 Å². The summed E-state index contributed by atoms with van der Waals surface area (Å²) >= 11 is 0. The highest BCUT2D eigenvalue weighted by Crippen LogP contribution is 2.16. The van der Waals surface area contributed by atoms with Gasteiger partial charge in [0.25, 0.3) is 0 Å². The van der Waals surface area contributed by atoms with E-state index < -0.39 is 0 Å². The molecule has 1 aromatic carbocycles. The van der Waals surface area contributed by atoms with Crippen LogP contribution in [0.1, 0.15) is 5.56 Å². The highest BCUT2D eigenvalue weighted by atomic mass is 15.3. The molecule has 3 heteroatoms. The minimum Gasteiger partial charge on any atom is -0.368 e. The van der Waals surface area contributed by atoms with Crippen LogP contribution in [0.5, 0.6) is 0 Å². The number of hydrogen-bond donors (Lipinski definition) is 1. The van der Waals surface area contributed by atoms with Crippen LogP contribution in [0, 0.1) is 0 Å². The summed E-state index contributed by atoms with van der Waals surface area (Å²) in [5.74, 6) is 0. The zero-order chi connectivity index (χ0) is 12.2. The molecule has 18 heavy (non-hydrogen) atoms. The van der Waals surface area contributed by atoms with Crippen LogP contribution >= 0.6 is 0 Å². The summed E-state index contributed by atoms with van der Waals surface area (Å²) < 4.78 is 0. The van der Waals surface area contributed by atoms with Crippen molar-refractivity contribution in [3.8, 4) is 0 Å². The van der Waals surface area contributed by atoms with Crippen molar-refractivity contribution in [3.63, 3.8) is 0 Å². The van der Waals surface area contributed by atoms with Crippen molar-refractivity contribution < 1.29 is 0 Å². The molecular formula is C15H19N3. The third-order valence-electron chi connectivity index (χ3n) is 3.57. The summed E-state index contributed by atoms with van der Waals surface area (Å²) in [6.45, 7) is 5.58. The number of benzene rings is 1. The Bertz CT molecular complexity index is 456. The van der Waals surface area contributed by atoms with Crippen molar-refractivity contribution in [1.82, 2.24) is 9.88 Å². The van der Waals surface area contributed by atoms with E-state index in [-0.39, 0.29) is 0 Å². The van der Waals surface area contributed by atoms with E-state index in [2.05, 4.69) is 57.4 Å². The van der Waals surface area contributed by atoms with Gasteiger partial charge >= 0.3 is 0 Å². The fourth-order valence-corrected chi connectivity index (χ4v) is 2.52. The second-order valence-electron chi connectivity index (χ2n) is 4.82. The predicted octanol–water partition coefficient (Wildman–Crippen LogP) is 2.34. The van der Waals surface area contributed by atoms with E-state index in [9.17, 15) is 0 Å². The van der Waals surface area contributed by atoms with Crippen LogP contribution in [0.15, 0.2) is 48.8 Å². The third-order valence-corrected chi connectivity index (χ3v) is 3.57. The SMILES string of the molecule is c1ccc(CN2CCN(c3cc[nH]c3)CC2)cc1. The number of H-pyrrole nitrogens is 1. The van der Waals surface area contributed by atoms with E-state index in [1.165, 1.54) is 11.3 Å². The van der Waals surface area contributed by atoms with Crippen LogP contribution in [0.2, 0.25) is 0 Å². The molecule has 0 saturated carbocycles. The fourth-order valence-electron chi connectivity index (χ4n) is 2.52. The van der Waals surface area contributed by atoms with Gasteiger partial charge in [-0.15, -0.1) is 0 Å². The molecule has 1 aromatic heterocycles. The summed E-state index contributed by atoms with van der Waals surface area (Å²) in [4.78, 5) is 8.09. The maximum Gasteiger partial charge on any atom is 0.0544 e. The van der Waals surface area contributed by atoms with E-state index in [1.807, 2.05) is 6.20 Å². The first kappa shape index (κ1) is 11.4. The van der Waals surface area contributed by atoms with Crippen molar-refractivity contribution >= 4 is 5.69 Å². The number of aromatic amines is 1. The van der Waals surface area contributed by atoms with Crippen molar-refractivity contribution in [2.45, 2.75) is 6.54 Å². The van der Waals surface area contributed by atoms with Gasteiger partial charge in [-0.3, -0.25) is 4.90 Å². The number of rotatable bonds is 3. The van der Waals surface area contributed by atoms with E-state index in [0.717, 1.165) is 32.7 Å². The van der Waals surface area contributed by atoms with Crippen LogP contribution < -0.4 is 4.90 Å². The normalized spacial score (nSPS) is 17.0. The molecule has 0 atom stereocenters. The molecule has 0 radical (unpaired) electrons. The number of piperazine rings is 1. The van der Waals surface area contributed by atoms with Crippen LogP contribution in [-0.4, -0.2) is 36.1 Å². The molecular weight excluding hydrogens is 222 g/mol. The molecule has 0 bridgehead atoms. The van der Waals surface area contributed by atoms with Gasteiger partial charge in [-0.1, -0.05) is 30.3 Å². The zero-order valence-electron chi connectivity index (χ0n) is 10.5. The van der Waals surface area contributed by atoms with Gasteiger partial charge in [0.15, 0.2) is 0 Å². The summed E-state index contributed by atoms with van der Waals surface area (Å²) in [7, 11) is 0. The Morgan fingerprint density at radius 3 is 2.39 bits per heavy atom. The number of hydrogen-bond acceptors (Lipinski definition) is 2. The Kier molecular flexibility index (Phi) is 3.33. The van der Waals surface area contributed by atoms with Gasteiger partial charge < -0.3 is 9.88 Å². The molecule has 1 N–H and O–H groups in total. The molecule has 2 heterocycles. The molecule has 1 aliphatic heterocycles. The smallest absolute Gasteiger partial charge is 0.0544 e. The van der Waals surface area contributed by atoms with Crippen LogP contribution in [-0.2, 0) is 6.54 Å². The average Bonchev–Trinajstić information content (AvgIpc) is 2.95. The summed E-state index contributed by atoms with van der Waals surface area (Å²) in [5.41, 5.74) is 2.72. The van der Waals surface area contributed by atoms with Gasteiger partial charge in [0, 0.05) is 45.1 Å². The van der Waals surface area contributed by atoms with E-state index in [0.29, 0.717) is 0 Å². The average molecular weight is 241 g/mol. The van der Waals surface area contributed by atoms with Crippen molar-refractivity contribution in [1.29, 1.82) is 0 Å². The Hall–Kier alpha value is -1.74. The van der Waals surface area contributed by atoms with Crippen molar-refractivity contribution in [2.75, 3.05) is 31.1 Å². The topological polar surface area (TPSA) is 22.3 Å². The Morgan fingerprint density at radius 1 is 0.944 bits per heavy atom. The lowest BCUT2D eigenvalue weighted by atomic mass is 10.2. The van der Waals surface area contributed by atoms with Crippen LogP contribution in [0.4, 0.5) is 5.69 Å². The maximum atomic E-state index is 3.12. The molecule has 3 rings (SSSR count). The third kappa shape index (κ3) is 2.57. The first-order valence-corrected chi connectivity index (χ1v) is 6.56. The Labute approximate surface area is 108 Å². The minimum atomic E-state index is 1.07. The quantitative estimate of drug-likeness (QED) is 0.891. The molecule has 1 aliphatic rings. The Balaban J connectivity index is 1.54. The maximum absolute atomic E-state index is 3.12. The van der Waals surface area contributed by atoms with Crippen molar-refractivity contribution in [2.24, 2.45) is 0 Å². The van der Waals surface area contributed by atoms with Gasteiger partial charge in [0.1, 0.15) is 0 Å². The number of nitrogens with zero attached hydrogens (tertiary/aromatic N) is 2. The second-order valence-corrected chi connectivity index (χ2v) is 4.82. The van der Waals surface area contributed by atoms with E-state index in [1.54, 1.807) is 0 Å². The van der Waals surface area contributed by atoms with Gasteiger partial charge in [0.05, 0.1) is 5.69 Å². The van der Waals surface area contributed by atoms with Crippen molar-refractivity contribution in [3.05, 3.63) is 54.4 Å². The Morgan fingerprint density at radius 2 is 1.72 bits per heavy atom. The molecule has 0 aliphatic carbocycles. The number of anilines is 1. The first-order chi connectivity index (χ1) is 8.92. The second kappa shape index (κ2) is 5.27. The standard InChI is InChI=1S/C15H19N3/c1-2-4-14(5-3-1)13-17-8-10-18(11-9-17)15-6-7-16-12-15/h1-7,12,16H,8-11,13H2. The van der Waals surface area contributed by atoms with E-state index >= 15 is 0 Å².